The van der Waals surface area contributed by atoms with Crippen molar-refractivity contribution in [3.05, 3.63) is 33.8 Å². The van der Waals surface area contributed by atoms with Crippen molar-refractivity contribution >= 4 is 15.9 Å². The van der Waals surface area contributed by atoms with Crippen molar-refractivity contribution in [2.45, 2.75) is 37.0 Å². The highest BCUT2D eigenvalue weighted by Gasteiger charge is 2.54. The number of rotatable bonds is 2. The van der Waals surface area contributed by atoms with Gasteiger partial charge in [-0.2, -0.15) is 0 Å². The smallest absolute Gasteiger partial charge is 0.166 e. The molecule has 0 radical (unpaired) electrons. The second-order valence-electron chi connectivity index (χ2n) is 7.64. The van der Waals surface area contributed by atoms with Gasteiger partial charge in [0.25, 0.3) is 0 Å². The Bertz CT molecular complexity index is 799. The number of ether oxygens (including phenoxy) is 2. The van der Waals surface area contributed by atoms with E-state index in [-0.39, 0.29) is 11.5 Å². The Morgan fingerprint density at radius 2 is 2.36 bits per heavy atom. The van der Waals surface area contributed by atoms with Gasteiger partial charge in [-0.05, 0) is 18.4 Å². The van der Waals surface area contributed by atoms with E-state index < -0.39 is 6.10 Å². The Balaban J connectivity index is 1.97. The number of benzene rings is 1. The second-order valence-corrected chi connectivity index (χ2v) is 8.49. The molecule has 2 unspecified atom stereocenters. The third kappa shape index (κ3) is 2.43. The third-order valence-electron chi connectivity index (χ3n) is 5.95. The Labute approximate surface area is 157 Å². The van der Waals surface area contributed by atoms with E-state index in [0.717, 1.165) is 40.0 Å². The van der Waals surface area contributed by atoms with Crippen LogP contribution in [0, 0.1) is 12.3 Å². The Morgan fingerprint density at radius 1 is 1.56 bits per heavy atom. The summed E-state index contributed by atoms with van der Waals surface area (Å²) in [5.74, 6) is 4.37. The van der Waals surface area contributed by atoms with Crippen LogP contribution in [0.4, 0.5) is 0 Å². The van der Waals surface area contributed by atoms with E-state index in [1.165, 1.54) is 11.1 Å². The molecular weight excluding hydrogens is 382 g/mol. The molecule has 1 aliphatic carbocycles. The number of hydrogen-bond donors (Lipinski definition) is 0. The van der Waals surface area contributed by atoms with Crippen molar-refractivity contribution in [3.8, 4) is 23.8 Å². The summed E-state index contributed by atoms with van der Waals surface area (Å²) in [6.45, 7) is 2.47. The molecule has 0 bridgehead atoms. The Kier molecular flexibility index (Phi) is 3.91. The number of quaternary nitrogens is 1. The minimum Gasteiger partial charge on any atom is -0.849 e. The third-order valence-corrected chi connectivity index (χ3v) is 6.66. The summed E-state index contributed by atoms with van der Waals surface area (Å²) in [6, 6.07) is 1.98. The minimum absolute atomic E-state index is 0.130. The van der Waals surface area contributed by atoms with E-state index in [9.17, 15) is 5.11 Å². The van der Waals surface area contributed by atoms with E-state index in [1.807, 2.05) is 12.1 Å². The lowest BCUT2D eigenvalue weighted by molar-refractivity contribution is -0.915. The maximum atomic E-state index is 12.1. The monoisotopic (exact) mass is 403 g/mol. The predicted molar refractivity (Wildman–Crippen MR) is 97.4 cm³/mol. The summed E-state index contributed by atoms with van der Waals surface area (Å²) < 4.78 is 13.7. The van der Waals surface area contributed by atoms with Gasteiger partial charge < -0.3 is 19.1 Å². The molecule has 0 amide bonds. The summed E-state index contributed by atoms with van der Waals surface area (Å²) in [5, 5.41) is 12.1. The van der Waals surface area contributed by atoms with Gasteiger partial charge in [0.15, 0.2) is 11.5 Å². The molecule has 4 nitrogen and oxygen atoms in total. The Hall–Kier alpha value is -1.48. The van der Waals surface area contributed by atoms with Crippen LogP contribution in [0.5, 0.6) is 11.5 Å². The quantitative estimate of drug-likeness (QED) is 0.431. The predicted octanol–water partition coefficient (Wildman–Crippen LogP) is 2.13. The molecule has 2 heterocycles. The molecule has 0 saturated heterocycles. The zero-order valence-corrected chi connectivity index (χ0v) is 16.1. The maximum absolute atomic E-state index is 12.1. The summed E-state index contributed by atoms with van der Waals surface area (Å²) in [5.41, 5.74) is 2.15. The molecule has 1 spiro atoms. The van der Waals surface area contributed by atoms with E-state index in [2.05, 4.69) is 35.0 Å². The summed E-state index contributed by atoms with van der Waals surface area (Å²) >= 11 is 3.74. The zero-order chi connectivity index (χ0) is 17.8. The maximum Gasteiger partial charge on any atom is 0.166 e. The molecule has 1 aromatic rings. The number of nitrogens with zero attached hydrogens (tertiary/aromatic N) is 1. The number of halogens is 1. The van der Waals surface area contributed by atoms with Gasteiger partial charge in [0, 0.05) is 22.0 Å². The van der Waals surface area contributed by atoms with Crippen molar-refractivity contribution in [2.75, 3.05) is 27.2 Å². The molecular formula is C20H22BrNO3. The Morgan fingerprint density at radius 3 is 3.08 bits per heavy atom. The fourth-order valence-electron chi connectivity index (χ4n) is 4.63. The van der Waals surface area contributed by atoms with Crippen molar-refractivity contribution in [1.29, 1.82) is 0 Å². The number of methoxy groups -OCH3 is 1. The first-order valence-electron chi connectivity index (χ1n) is 8.61. The van der Waals surface area contributed by atoms with Crippen molar-refractivity contribution < 1.29 is 19.1 Å². The van der Waals surface area contributed by atoms with Crippen LogP contribution in [0.1, 0.15) is 24.0 Å². The van der Waals surface area contributed by atoms with Crippen LogP contribution in [-0.4, -0.2) is 43.9 Å². The molecule has 3 aliphatic rings. The number of hydrogen-bond acceptors (Lipinski definition) is 3. The van der Waals surface area contributed by atoms with Gasteiger partial charge in [0.1, 0.15) is 19.2 Å². The highest BCUT2D eigenvalue weighted by Crippen LogP contribution is 2.57. The van der Waals surface area contributed by atoms with Gasteiger partial charge in [-0.15, -0.1) is 18.6 Å². The lowest BCUT2D eigenvalue weighted by atomic mass is 9.69. The number of terminal acetylenes is 1. The molecule has 25 heavy (non-hydrogen) atoms. The van der Waals surface area contributed by atoms with E-state index in [0.29, 0.717) is 13.0 Å². The first kappa shape index (κ1) is 17.0. The first-order chi connectivity index (χ1) is 11.9. The molecule has 132 valence electrons. The summed E-state index contributed by atoms with van der Waals surface area (Å²) in [7, 11) is 3.86. The molecule has 4 atom stereocenters. The zero-order valence-electron chi connectivity index (χ0n) is 14.5. The van der Waals surface area contributed by atoms with Gasteiger partial charge in [-0.25, -0.2) is 0 Å². The summed E-state index contributed by atoms with van der Waals surface area (Å²) in [4.78, 5) is 0. The van der Waals surface area contributed by atoms with Crippen molar-refractivity contribution in [2.24, 2.45) is 0 Å². The van der Waals surface area contributed by atoms with Gasteiger partial charge in [0.2, 0.25) is 0 Å². The van der Waals surface area contributed by atoms with Crippen LogP contribution < -0.4 is 14.6 Å². The van der Waals surface area contributed by atoms with Gasteiger partial charge in [-0.3, -0.25) is 0 Å². The molecule has 0 saturated carbocycles. The van der Waals surface area contributed by atoms with E-state index >= 15 is 0 Å². The van der Waals surface area contributed by atoms with Gasteiger partial charge in [0.05, 0.1) is 26.1 Å². The SMILES string of the molecule is C#CC[N+]1(C)CCC23C=C[C@H]([O-])C[C@@H]2Oc2c(OC)cc(Br)c(c23)C1. The van der Waals surface area contributed by atoms with Crippen LogP contribution in [0.15, 0.2) is 22.7 Å². The average Bonchev–Trinajstić information content (AvgIpc) is 2.83. The van der Waals surface area contributed by atoms with Gasteiger partial charge in [-0.1, -0.05) is 22.0 Å². The fourth-order valence-corrected chi connectivity index (χ4v) is 5.16. The van der Waals surface area contributed by atoms with Gasteiger partial charge >= 0.3 is 0 Å². The lowest BCUT2D eigenvalue weighted by Crippen LogP contribution is -2.48. The van der Waals surface area contributed by atoms with Crippen LogP contribution in [0.2, 0.25) is 0 Å². The topological polar surface area (TPSA) is 41.5 Å². The van der Waals surface area contributed by atoms with E-state index in [4.69, 9.17) is 15.9 Å². The first-order valence-corrected chi connectivity index (χ1v) is 9.40. The average molecular weight is 404 g/mol. The molecule has 0 fully saturated rings. The van der Waals surface area contributed by atoms with E-state index in [1.54, 1.807) is 7.11 Å². The van der Waals surface area contributed by atoms with Crippen molar-refractivity contribution in [1.82, 2.24) is 0 Å². The van der Waals surface area contributed by atoms with Crippen molar-refractivity contribution in [3.63, 3.8) is 0 Å². The second kappa shape index (κ2) is 5.77. The molecule has 4 rings (SSSR count). The fraction of sp³-hybridized carbons (Fsp3) is 0.500. The molecule has 1 aromatic carbocycles. The van der Waals surface area contributed by atoms with Crippen LogP contribution >= 0.6 is 15.9 Å². The highest BCUT2D eigenvalue weighted by molar-refractivity contribution is 9.10. The standard InChI is InChI=1S/C20H22BrNO3/c1-4-8-22(2)9-7-20-6-5-13(23)10-17(20)25-19-16(24-3)11-15(21)14(12-22)18(19)20/h1,5-6,11,13,17H,7-10,12H2,2-3H3/t13-,17-,20?,22?/m0/s1. The molecule has 0 N–H and O–H groups in total. The normalized spacial score (nSPS) is 35.2. The van der Waals surface area contributed by atoms with Crippen LogP contribution in [-0.2, 0) is 12.0 Å². The van der Waals surface area contributed by atoms with Crippen LogP contribution in [0.3, 0.4) is 0 Å². The highest BCUT2D eigenvalue weighted by atomic mass is 79.9. The van der Waals surface area contributed by atoms with Crippen LogP contribution in [0.25, 0.3) is 0 Å². The largest absolute Gasteiger partial charge is 0.849 e. The molecule has 5 heteroatoms. The molecule has 0 aromatic heterocycles. The minimum atomic E-state index is -0.711. The molecule has 2 aliphatic heterocycles. The lowest BCUT2D eigenvalue weighted by Gasteiger charge is -2.39. The summed E-state index contributed by atoms with van der Waals surface area (Å²) in [6.07, 6.45) is 10.1.